The summed E-state index contributed by atoms with van der Waals surface area (Å²) in [5.41, 5.74) is 0. The Morgan fingerprint density at radius 1 is 1.14 bits per heavy atom. The van der Waals surface area contributed by atoms with Crippen molar-refractivity contribution in [3.05, 3.63) is 0 Å². The maximum Gasteiger partial charge on any atom is 0.332 e. The van der Waals surface area contributed by atoms with Crippen LogP contribution in [0.4, 0.5) is 0 Å². The lowest BCUT2D eigenvalue weighted by Gasteiger charge is -2.15. The van der Waals surface area contributed by atoms with Gasteiger partial charge < -0.3 is 26.0 Å². The minimum Gasteiger partial charge on any atom is -0.480 e. The second-order valence-corrected chi connectivity index (χ2v) is 4.53. The summed E-state index contributed by atoms with van der Waals surface area (Å²) in [5.74, 6) is -3.79. The molecule has 0 spiro atoms. The van der Waals surface area contributed by atoms with Crippen molar-refractivity contribution in [3.8, 4) is 0 Å². The Bertz CT molecular complexity index is 402. The van der Waals surface area contributed by atoms with Crippen molar-refractivity contribution in [2.24, 2.45) is 0 Å². The topological polar surface area (TPSA) is 153 Å². The molecule has 0 saturated carbocycles. The molecule has 5 N–H and O–H groups in total. The Kier molecular flexibility index (Phi) is 9.13. The number of hydrogen-bond acceptors (Lipinski definition) is 6. The minimum absolute atomic E-state index is 0.0189. The van der Waals surface area contributed by atoms with Crippen molar-refractivity contribution in [3.63, 3.8) is 0 Å². The maximum atomic E-state index is 11.5. The highest BCUT2D eigenvalue weighted by molar-refractivity contribution is 7.80. The second-order valence-electron chi connectivity index (χ2n) is 4.16. The molecule has 9 nitrogen and oxygen atoms in total. The number of aliphatic hydroxyl groups excluding tert-OH is 1. The smallest absolute Gasteiger partial charge is 0.332 e. The second kappa shape index (κ2) is 10.00. The van der Waals surface area contributed by atoms with Crippen molar-refractivity contribution >= 4 is 36.4 Å². The average molecular weight is 322 g/mol. The Hall–Kier alpha value is -1.81. The molecule has 0 radical (unpaired) electrons. The van der Waals surface area contributed by atoms with Gasteiger partial charge in [-0.2, -0.15) is 12.6 Å². The number of aliphatic hydroxyl groups is 1. The molecule has 0 aromatic carbocycles. The van der Waals surface area contributed by atoms with Crippen LogP contribution in [-0.2, 0) is 19.2 Å². The van der Waals surface area contributed by atoms with Gasteiger partial charge in [0.25, 0.3) is 0 Å². The quantitative estimate of drug-likeness (QED) is 0.260. The van der Waals surface area contributed by atoms with Gasteiger partial charge in [0, 0.05) is 12.2 Å². The van der Waals surface area contributed by atoms with Crippen LogP contribution in [0.1, 0.15) is 19.3 Å². The maximum absolute atomic E-state index is 11.5. The molecule has 0 aliphatic rings. The Balaban J connectivity index is 4.11. The van der Waals surface area contributed by atoms with Gasteiger partial charge in [0.1, 0.15) is 12.6 Å². The molecule has 21 heavy (non-hydrogen) atoms. The van der Waals surface area contributed by atoms with Gasteiger partial charge in [0.05, 0.1) is 0 Å². The van der Waals surface area contributed by atoms with Gasteiger partial charge in [-0.15, -0.1) is 0 Å². The van der Waals surface area contributed by atoms with E-state index in [-0.39, 0.29) is 25.0 Å². The highest BCUT2D eigenvalue weighted by Crippen LogP contribution is 2.02. The number of nitrogens with one attached hydrogen (secondary N) is 2. The zero-order valence-corrected chi connectivity index (χ0v) is 12.0. The number of hydrogen-bond donors (Lipinski definition) is 6. The summed E-state index contributed by atoms with van der Waals surface area (Å²) in [4.78, 5) is 43.7. The predicted molar refractivity (Wildman–Crippen MR) is 73.9 cm³/mol. The van der Waals surface area contributed by atoms with Gasteiger partial charge >= 0.3 is 11.9 Å². The fourth-order valence-corrected chi connectivity index (χ4v) is 1.58. The average Bonchev–Trinajstić information content (AvgIpc) is 2.41. The Morgan fingerprint density at radius 3 is 2.24 bits per heavy atom. The first-order valence-corrected chi connectivity index (χ1v) is 6.71. The molecule has 0 aromatic rings. The van der Waals surface area contributed by atoms with E-state index in [4.69, 9.17) is 15.3 Å². The van der Waals surface area contributed by atoms with Gasteiger partial charge in [0.15, 0.2) is 6.10 Å². The van der Waals surface area contributed by atoms with Crippen LogP contribution < -0.4 is 10.6 Å². The molecule has 0 heterocycles. The molecule has 0 aliphatic carbocycles. The van der Waals surface area contributed by atoms with E-state index in [0.29, 0.717) is 0 Å². The van der Waals surface area contributed by atoms with Crippen LogP contribution in [0.15, 0.2) is 0 Å². The summed E-state index contributed by atoms with van der Waals surface area (Å²) in [6.45, 7) is -0.566. The van der Waals surface area contributed by atoms with E-state index in [1.165, 1.54) is 0 Å². The summed E-state index contributed by atoms with van der Waals surface area (Å²) in [6, 6.07) is -0.982. The zero-order chi connectivity index (χ0) is 16.4. The highest BCUT2D eigenvalue weighted by atomic mass is 32.1. The van der Waals surface area contributed by atoms with E-state index >= 15 is 0 Å². The van der Waals surface area contributed by atoms with Gasteiger partial charge in [-0.3, -0.25) is 14.4 Å². The minimum atomic E-state index is -1.53. The number of thiol groups is 1. The van der Waals surface area contributed by atoms with Gasteiger partial charge in [-0.05, 0) is 12.8 Å². The van der Waals surface area contributed by atoms with Crippen molar-refractivity contribution in [2.75, 3.05) is 12.3 Å². The summed E-state index contributed by atoms with van der Waals surface area (Å²) >= 11 is 3.88. The van der Waals surface area contributed by atoms with Gasteiger partial charge in [-0.1, -0.05) is 0 Å². The molecule has 0 aromatic heterocycles. The largest absolute Gasteiger partial charge is 0.480 e. The lowest BCUT2D eigenvalue weighted by atomic mass is 10.1. The lowest BCUT2D eigenvalue weighted by Crippen LogP contribution is -2.49. The molecule has 2 amide bonds. The lowest BCUT2D eigenvalue weighted by molar-refractivity contribution is -0.147. The number of aliphatic carboxylic acids is 2. The van der Waals surface area contributed by atoms with Crippen molar-refractivity contribution in [1.29, 1.82) is 0 Å². The standard InChI is InChI=1S/C11H18N2O7S/c14-7(11(19)20)2-1-3-8(15)13-6(5-21)10(18)12-4-9(16)17/h6-7,14,21H,1-5H2,(H,12,18)(H,13,15)(H,16,17)(H,19,20)/t6?,7-/m0/s1. The van der Waals surface area contributed by atoms with E-state index in [0.717, 1.165) is 0 Å². The molecule has 0 bridgehead atoms. The molecule has 2 atom stereocenters. The van der Waals surface area contributed by atoms with E-state index < -0.39 is 42.4 Å². The predicted octanol–water partition coefficient (Wildman–Crippen LogP) is -1.78. The van der Waals surface area contributed by atoms with Gasteiger partial charge in [0.2, 0.25) is 11.8 Å². The SMILES string of the molecule is O=C(O)CNC(=O)C(CS)NC(=O)CCC[C@H](O)C(=O)O. The number of carboxylic acid groups (broad SMARTS) is 2. The number of amides is 2. The summed E-state index contributed by atoms with van der Waals surface area (Å²) in [5, 5.41) is 30.3. The van der Waals surface area contributed by atoms with Crippen LogP contribution in [0.25, 0.3) is 0 Å². The monoisotopic (exact) mass is 322 g/mol. The van der Waals surface area contributed by atoms with Crippen molar-refractivity contribution in [1.82, 2.24) is 10.6 Å². The van der Waals surface area contributed by atoms with Crippen LogP contribution in [0.2, 0.25) is 0 Å². The third kappa shape index (κ3) is 8.87. The molecular weight excluding hydrogens is 304 g/mol. The van der Waals surface area contributed by atoms with Gasteiger partial charge in [-0.25, -0.2) is 4.79 Å². The normalized spacial score (nSPS) is 13.0. The van der Waals surface area contributed by atoms with Crippen LogP contribution in [0, 0.1) is 0 Å². The first kappa shape index (κ1) is 19.2. The third-order valence-corrected chi connectivity index (χ3v) is 2.78. The third-order valence-electron chi connectivity index (χ3n) is 2.41. The van der Waals surface area contributed by atoms with Crippen LogP contribution in [-0.4, -0.2) is 63.5 Å². The number of carboxylic acids is 2. The van der Waals surface area contributed by atoms with Crippen LogP contribution >= 0.6 is 12.6 Å². The zero-order valence-electron chi connectivity index (χ0n) is 11.1. The number of rotatable bonds is 10. The molecule has 0 rings (SSSR count). The van der Waals surface area contributed by atoms with E-state index in [1.54, 1.807) is 0 Å². The molecule has 0 saturated heterocycles. The molecular formula is C11H18N2O7S. The number of carbonyl (C=O) groups is 4. The Labute approximate surface area is 126 Å². The first-order valence-electron chi connectivity index (χ1n) is 6.08. The molecule has 0 fully saturated rings. The van der Waals surface area contributed by atoms with Crippen LogP contribution in [0.3, 0.4) is 0 Å². The fourth-order valence-electron chi connectivity index (χ4n) is 1.33. The summed E-state index contributed by atoms with van der Waals surface area (Å²) in [6.07, 6.45) is -1.55. The molecule has 120 valence electrons. The van der Waals surface area contributed by atoms with Crippen molar-refractivity contribution in [2.45, 2.75) is 31.4 Å². The molecule has 0 aliphatic heterocycles. The Morgan fingerprint density at radius 2 is 1.76 bits per heavy atom. The number of carbonyl (C=O) groups excluding carboxylic acids is 2. The van der Waals surface area contributed by atoms with E-state index in [9.17, 15) is 19.2 Å². The first-order chi connectivity index (χ1) is 9.77. The van der Waals surface area contributed by atoms with Crippen molar-refractivity contribution < 1.29 is 34.5 Å². The van der Waals surface area contributed by atoms with E-state index in [1.807, 2.05) is 0 Å². The summed E-state index contributed by atoms with van der Waals surface area (Å²) < 4.78 is 0. The highest BCUT2D eigenvalue weighted by Gasteiger charge is 2.20. The van der Waals surface area contributed by atoms with Crippen LogP contribution in [0.5, 0.6) is 0 Å². The summed E-state index contributed by atoms with van der Waals surface area (Å²) in [7, 11) is 0. The molecule has 10 heteroatoms. The molecule has 1 unspecified atom stereocenters. The van der Waals surface area contributed by atoms with E-state index in [2.05, 4.69) is 23.3 Å². The fraction of sp³-hybridized carbons (Fsp3) is 0.636.